The van der Waals surface area contributed by atoms with Crippen molar-refractivity contribution in [3.63, 3.8) is 0 Å². The number of hydrogen-bond donors (Lipinski definition) is 1. The first-order valence-electron chi connectivity index (χ1n) is 20.8. The number of benzene rings is 9. The summed E-state index contributed by atoms with van der Waals surface area (Å²) >= 11 is 0. The van der Waals surface area contributed by atoms with Gasteiger partial charge in [0.05, 0.1) is 38.0 Å². The summed E-state index contributed by atoms with van der Waals surface area (Å²) in [6, 6.07) is 70.0. The molecule has 9 aromatic carbocycles. The first kappa shape index (κ1) is 41.1. The van der Waals surface area contributed by atoms with Gasteiger partial charge in [0.1, 0.15) is 0 Å². The van der Waals surface area contributed by atoms with Crippen molar-refractivity contribution in [3.8, 4) is 11.4 Å². The van der Waals surface area contributed by atoms with Gasteiger partial charge in [0, 0.05) is 65.5 Å². The Morgan fingerprint density at radius 1 is 0.375 bits per heavy atom. The number of nitrogens with one attached hydrogen (secondary N) is 1. The Morgan fingerprint density at radius 2 is 0.750 bits per heavy atom. The first-order chi connectivity index (χ1) is 30.4. The Labute approximate surface area is 391 Å². The van der Waals surface area contributed by atoms with Gasteiger partial charge in [-0.3, -0.25) is 0 Å². The van der Waals surface area contributed by atoms with E-state index in [0.29, 0.717) is 11.0 Å². The molecular formula is C55H39N4NaO3S. The molecule has 0 saturated carbocycles. The third kappa shape index (κ3) is 6.37. The average Bonchev–Trinajstić information content (AvgIpc) is 4.06. The largest absolute Gasteiger partial charge is 1.00 e. The van der Waals surface area contributed by atoms with Crippen molar-refractivity contribution < 1.29 is 43.5 Å². The molecule has 304 valence electrons. The minimum absolute atomic E-state index is 0. The van der Waals surface area contributed by atoms with E-state index >= 15 is 0 Å². The standard InChI is InChI=1S/C31H22N2O2S.C24H16N2.Na.H2O/c1-21-14-17-23(18-15-21)36(34,35)33-30-13-7-4-10-26(30)27-20-22(16-19-31(27)33)32-28-11-5-2-8-24(28)25-9-3-6-12-29(25)32;1-4-10-21-17(7-1)20-15-16(13-14-22(20)25-21)26-23-11-5-2-8-18(23)19-9-3-6-12-24(19)26;;/h2-20H,1H3;1-15,25H;;1H2/q;;+1;/p-1. The number of aromatic amines is 1. The van der Waals surface area contributed by atoms with Crippen molar-refractivity contribution in [2.75, 3.05) is 0 Å². The number of fused-ring (bicyclic) bond motifs is 12. The molecular weight excluding hydrogens is 820 g/mol. The first-order valence-corrected chi connectivity index (χ1v) is 22.2. The number of para-hydroxylation sites is 6. The van der Waals surface area contributed by atoms with Gasteiger partial charge < -0.3 is 19.6 Å². The van der Waals surface area contributed by atoms with Crippen molar-refractivity contribution in [1.82, 2.24) is 18.1 Å². The number of aromatic nitrogens is 4. The normalized spacial score (nSPS) is 11.7. The van der Waals surface area contributed by atoms with Crippen LogP contribution in [0.25, 0.3) is 98.6 Å². The van der Waals surface area contributed by atoms with Crippen molar-refractivity contribution in [3.05, 3.63) is 212 Å². The van der Waals surface area contributed by atoms with E-state index in [4.69, 9.17) is 0 Å². The second kappa shape index (κ2) is 16.0. The van der Waals surface area contributed by atoms with Crippen LogP contribution in [0.2, 0.25) is 0 Å². The zero-order valence-corrected chi connectivity index (χ0v) is 38.0. The molecule has 0 amide bonds. The molecule has 4 heterocycles. The molecule has 0 aliphatic heterocycles. The summed E-state index contributed by atoms with van der Waals surface area (Å²) in [5.74, 6) is 0. The Bertz CT molecular complexity index is 3920. The quantitative estimate of drug-likeness (QED) is 0.179. The van der Waals surface area contributed by atoms with Crippen LogP contribution in [0, 0.1) is 6.92 Å². The summed E-state index contributed by atoms with van der Waals surface area (Å²) < 4.78 is 33.8. The van der Waals surface area contributed by atoms with Crippen LogP contribution in [-0.2, 0) is 10.0 Å². The number of hydrogen-bond acceptors (Lipinski definition) is 3. The summed E-state index contributed by atoms with van der Waals surface area (Å²) in [4.78, 5) is 3.80. The van der Waals surface area contributed by atoms with Gasteiger partial charge in [0.2, 0.25) is 0 Å². The van der Waals surface area contributed by atoms with E-state index in [1.165, 1.54) is 64.0 Å². The third-order valence-corrected chi connectivity index (χ3v) is 14.1. The predicted octanol–water partition coefficient (Wildman–Crippen LogP) is 10.7. The number of rotatable bonds is 4. The molecule has 2 N–H and O–H groups in total. The molecule has 64 heavy (non-hydrogen) atoms. The average molecular weight is 859 g/mol. The summed E-state index contributed by atoms with van der Waals surface area (Å²) in [5.41, 5.74) is 11.6. The maximum atomic E-state index is 13.9. The molecule has 13 aromatic rings. The molecule has 7 nitrogen and oxygen atoms in total. The van der Waals surface area contributed by atoms with Crippen LogP contribution >= 0.6 is 0 Å². The topological polar surface area (TPSA) is 94.7 Å². The molecule has 0 atom stereocenters. The molecule has 0 bridgehead atoms. The SMILES string of the molecule is Cc1ccc(S(=O)(=O)n2c3ccccc3c3cc(-n4c5ccccc5c5ccccc54)ccc32)cc1.[Na+].[OH-].c1ccc2c(c1)[nH]c1ccc(-n3c4ccccc4c4ccccc43)cc12. The van der Waals surface area contributed by atoms with Crippen LogP contribution in [0.1, 0.15) is 5.56 Å². The van der Waals surface area contributed by atoms with Gasteiger partial charge in [0.15, 0.2) is 0 Å². The van der Waals surface area contributed by atoms with E-state index in [9.17, 15) is 8.42 Å². The second-order valence-electron chi connectivity index (χ2n) is 15.9. The van der Waals surface area contributed by atoms with Crippen LogP contribution in [0.3, 0.4) is 0 Å². The zero-order chi connectivity index (χ0) is 41.5. The summed E-state index contributed by atoms with van der Waals surface area (Å²) in [6.07, 6.45) is 0. The fourth-order valence-electron chi connectivity index (χ4n) is 9.52. The van der Waals surface area contributed by atoms with Crippen molar-refractivity contribution in [1.29, 1.82) is 0 Å². The fraction of sp³-hybridized carbons (Fsp3) is 0.0182. The maximum absolute atomic E-state index is 13.9. The van der Waals surface area contributed by atoms with Crippen molar-refractivity contribution >= 4 is 97.2 Å². The third-order valence-electron chi connectivity index (χ3n) is 12.3. The Morgan fingerprint density at radius 3 is 1.27 bits per heavy atom. The zero-order valence-electron chi connectivity index (χ0n) is 35.1. The molecule has 0 aliphatic carbocycles. The molecule has 0 aliphatic rings. The van der Waals surface area contributed by atoms with Crippen LogP contribution in [-0.4, -0.2) is 32.0 Å². The molecule has 0 saturated heterocycles. The number of H-pyrrole nitrogens is 1. The molecule has 0 radical (unpaired) electrons. The van der Waals surface area contributed by atoms with Crippen LogP contribution in [0.5, 0.6) is 0 Å². The smallest absolute Gasteiger partial charge is 0.870 e. The van der Waals surface area contributed by atoms with Gasteiger partial charge in [-0.2, -0.15) is 0 Å². The van der Waals surface area contributed by atoms with Crippen LogP contribution in [0.4, 0.5) is 0 Å². The fourth-order valence-corrected chi connectivity index (χ4v) is 11.0. The van der Waals surface area contributed by atoms with Crippen LogP contribution in [0.15, 0.2) is 211 Å². The van der Waals surface area contributed by atoms with E-state index in [1.54, 1.807) is 12.1 Å². The number of aryl methyl sites for hydroxylation is 1. The van der Waals surface area contributed by atoms with Gasteiger partial charge in [-0.05, 0) is 91.9 Å². The molecule has 0 unspecified atom stereocenters. The summed E-state index contributed by atoms with van der Waals surface area (Å²) in [6.45, 7) is 1.95. The monoisotopic (exact) mass is 858 g/mol. The maximum Gasteiger partial charge on any atom is 1.00 e. The predicted molar refractivity (Wildman–Crippen MR) is 260 cm³/mol. The Kier molecular flexibility index (Phi) is 10.3. The van der Waals surface area contributed by atoms with Crippen molar-refractivity contribution in [2.24, 2.45) is 0 Å². The Hall–Kier alpha value is -6.91. The van der Waals surface area contributed by atoms with Crippen molar-refractivity contribution in [2.45, 2.75) is 11.8 Å². The summed E-state index contributed by atoms with van der Waals surface area (Å²) in [7, 11) is -3.79. The van der Waals surface area contributed by atoms with Gasteiger partial charge in [-0.15, -0.1) is 0 Å². The molecule has 0 spiro atoms. The molecule has 13 rings (SSSR count). The molecule has 9 heteroatoms. The van der Waals surface area contributed by atoms with E-state index in [1.807, 2.05) is 55.5 Å². The van der Waals surface area contributed by atoms with Crippen LogP contribution < -0.4 is 29.6 Å². The van der Waals surface area contributed by atoms with Gasteiger partial charge in [-0.1, -0.05) is 127 Å². The number of nitrogens with zero attached hydrogens (tertiary/aromatic N) is 3. The minimum Gasteiger partial charge on any atom is -0.870 e. The van der Waals surface area contributed by atoms with Gasteiger partial charge in [-0.25, -0.2) is 12.4 Å². The van der Waals surface area contributed by atoms with E-state index in [0.717, 1.165) is 33.1 Å². The van der Waals surface area contributed by atoms with Gasteiger partial charge in [0.25, 0.3) is 10.0 Å². The van der Waals surface area contributed by atoms with E-state index in [2.05, 4.69) is 160 Å². The Balaban J connectivity index is 0.000000154. The molecule has 4 aromatic heterocycles. The minimum atomic E-state index is -3.79. The summed E-state index contributed by atoms with van der Waals surface area (Å²) in [5, 5.41) is 9.32. The van der Waals surface area contributed by atoms with E-state index < -0.39 is 10.0 Å². The molecule has 0 fully saturated rings. The second-order valence-corrected chi connectivity index (χ2v) is 17.7. The van der Waals surface area contributed by atoms with E-state index in [-0.39, 0.29) is 39.9 Å². The van der Waals surface area contributed by atoms with Gasteiger partial charge >= 0.3 is 29.6 Å².